The van der Waals surface area contributed by atoms with Gasteiger partial charge in [-0.1, -0.05) is 30.3 Å². The molecule has 0 aliphatic rings. The van der Waals surface area contributed by atoms with Crippen molar-refractivity contribution in [2.45, 2.75) is 37.6 Å². The Balaban J connectivity index is 1.92. The Hall–Kier alpha value is -2.38. The third-order valence-electron chi connectivity index (χ3n) is 4.56. The van der Waals surface area contributed by atoms with Crippen LogP contribution in [-0.4, -0.2) is 45.4 Å². The number of ether oxygens (including phenoxy) is 1. The molecule has 2 aromatic rings. The van der Waals surface area contributed by atoms with Crippen LogP contribution in [0.3, 0.4) is 0 Å². The van der Waals surface area contributed by atoms with Crippen molar-refractivity contribution < 1.29 is 17.9 Å². The highest BCUT2D eigenvalue weighted by molar-refractivity contribution is 7.89. The lowest BCUT2D eigenvalue weighted by atomic mass is 10.1. The van der Waals surface area contributed by atoms with Gasteiger partial charge in [0, 0.05) is 13.1 Å². The zero-order valence-corrected chi connectivity index (χ0v) is 17.6. The first kappa shape index (κ1) is 21.9. The number of aryl methyl sites for hydroxylation is 2. The molecular formula is C21H28N2O4S. The van der Waals surface area contributed by atoms with Crippen LogP contribution >= 0.6 is 0 Å². The van der Waals surface area contributed by atoms with Gasteiger partial charge in [-0.05, 0) is 56.0 Å². The maximum atomic E-state index is 12.7. The van der Waals surface area contributed by atoms with Crippen molar-refractivity contribution in [2.24, 2.45) is 0 Å². The molecule has 152 valence electrons. The number of hydrogen-bond acceptors (Lipinski definition) is 4. The topological polar surface area (TPSA) is 75.7 Å². The number of nitrogens with one attached hydrogen (secondary N) is 1. The molecule has 6 nitrogen and oxygen atoms in total. The maximum Gasteiger partial charge on any atom is 0.243 e. The molecule has 0 unspecified atom stereocenters. The summed E-state index contributed by atoms with van der Waals surface area (Å²) in [5.74, 6) is 0.295. The van der Waals surface area contributed by atoms with Gasteiger partial charge in [0.1, 0.15) is 5.75 Å². The van der Waals surface area contributed by atoms with Crippen molar-refractivity contribution in [3.8, 4) is 5.75 Å². The van der Waals surface area contributed by atoms with Crippen LogP contribution < -0.4 is 10.1 Å². The van der Waals surface area contributed by atoms with Crippen molar-refractivity contribution in [1.29, 1.82) is 0 Å². The van der Waals surface area contributed by atoms with Crippen LogP contribution in [0.4, 0.5) is 0 Å². The number of amides is 1. The Kier molecular flexibility index (Phi) is 7.60. The van der Waals surface area contributed by atoms with Crippen LogP contribution in [0, 0.1) is 6.92 Å². The van der Waals surface area contributed by atoms with Gasteiger partial charge < -0.3 is 10.1 Å². The van der Waals surface area contributed by atoms with Crippen molar-refractivity contribution in [1.82, 2.24) is 9.62 Å². The standard InChI is InChI=1S/C21H28N2O4S/c1-16-14-19(12-13-20(16)27-4)28(25,26)23(3)15-21(24)22-17(2)10-11-18-8-6-5-7-9-18/h5-9,12-14,17H,10-11,15H2,1-4H3,(H,22,24)/t17-/m1/s1. The first-order valence-corrected chi connectivity index (χ1v) is 10.6. The van der Waals surface area contributed by atoms with E-state index >= 15 is 0 Å². The fourth-order valence-corrected chi connectivity index (χ4v) is 4.11. The summed E-state index contributed by atoms with van der Waals surface area (Å²) in [7, 11) is -0.816. The van der Waals surface area contributed by atoms with Crippen molar-refractivity contribution in [2.75, 3.05) is 20.7 Å². The van der Waals surface area contributed by atoms with Crippen molar-refractivity contribution in [3.05, 3.63) is 59.7 Å². The normalized spacial score (nSPS) is 12.6. The average molecular weight is 405 g/mol. The minimum Gasteiger partial charge on any atom is -0.496 e. The molecule has 2 aromatic carbocycles. The summed E-state index contributed by atoms with van der Waals surface area (Å²) in [6.45, 7) is 3.46. The van der Waals surface area contributed by atoms with E-state index in [1.807, 2.05) is 37.3 Å². The van der Waals surface area contributed by atoms with Crippen LogP contribution in [0.15, 0.2) is 53.4 Å². The Labute approximate surface area is 167 Å². The molecule has 0 saturated carbocycles. The first-order chi connectivity index (χ1) is 13.2. The number of benzene rings is 2. The van der Waals surface area contributed by atoms with E-state index in [-0.39, 0.29) is 23.4 Å². The minimum atomic E-state index is -3.76. The van der Waals surface area contributed by atoms with Crippen LogP contribution in [0.2, 0.25) is 0 Å². The predicted molar refractivity (Wildman–Crippen MR) is 110 cm³/mol. The molecule has 7 heteroatoms. The lowest BCUT2D eigenvalue weighted by molar-refractivity contribution is -0.121. The SMILES string of the molecule is COc1ccc(S(=O)(=O)N(C)CC(=O)N[C@H](C)CCc2ccccc2)cc1C. The Morgan fingerprint density at radius 3 is 2.46 bits per heavy atom. The maximum absolute atomic E-state index is 12.7. The van der Waals surface area contributed by atoms with E-state index in [4.69, 9.17) is 4.74 Å². The number of methoxy groups -OCH3 is 1. The van der Waals surface area contributed by atoms with Gasteiger partial charge in [0.2, 0.25) is 15.9 Å². The first-order valence-electron chi connectivity index (χ1n) is 9.18. The summed E-state index contributed by atoms with van der Waals surface area (Å²) < 4.78 is 31.7. The Bertz CT molecular complexity index is 898. The molecule has 2 rings (SSSR count). The van der Waals surface area contributed by atoms with E-state index in [0.29, 0.717) is 5.75 Å². The summed E-state index contributed by atoms with van der Waals surface area (Å²) >= 11 is 0. The summed E-state index contributed by atoms with van der Waals surface area (Å²) in [5.41, 5.74) is 1.93. The summed E-state index contributed by atoms with van der Waals surface area (Å²) in [4.78, 5) is 12.4. The fourth-order valence-electron chi connectivity index (χ4n) is 2.90. The second kappa shape index (κ2) is 9.71. The smallest absolute Gasteiger partial charge is 0.243 e. The molecule has 0 aromatic heterocycles. The Morgan fingerprint density at radius 2 is 1.86 bits per heavy atom. The van der Waals surface area contributed by atoms with Gasteiger partial charge in [-0.25, -0.2) is 8.42 Å². The average Bonchev–Trinajstić information content (AvgIpc) is 2.66. The number of rotatable bonds is 9. The molecule has 28 heavy (non-hydrogen) atoms. The quantitative estimate of drug-likeness (QED) is 0.697. The van der Waals surface area contributed by atoms with Crippen molar-refractivity contribution in [3.63, 3.8) is 0 Å². The number of likely N-dealkylation sites (N-methyl/N-ethyl adjacent to an activating group) is 1. The number of carbonyl (C=O) groups excluding carboxylic acids is 1. The lowest BCUT2D eigenvalue weighted by Gasteiger charge is -2.20. The summed E-state index contributed by atoms with van der Waals surface area (Å²) in [6.07, 6.45) is 1.63. The van der Waals surface area contributed by atoms with E-state index in [1.165, 1.54) is 25.8 Å². The third kappa shape index (κ3) is 5.81. The highest BCUT2D eigenvalue weighted by Gasteiger charge is 2.24. The molecule has 1 amide bonds. The largest absolute Gasteiger partial charge is 0.496 e. The zero-order valence-electron chi connectivity index (χ0n) is 16.8. The van der Waals surface area contributed by atoms with E-state index in [9.17, 15) is 13.2 Å². The summed E-state index contributed by atoms with van der Waals surface area (Å²) in [6, 6.07) is 14.6. The van der Waals surface area contributed by atoms with Crippen LogP contribution in [0.25, 0.3) is 0 Å². The van der Waals surface area contributed by atoms with Crippen LogP contribution in [-0.2, 0) is 21.2 Å². The molecule has 0 radical (unpaired) electrons. The highest BCUT2D eigenvalue weighted by atomic mass is 32.2. The van der Waals surface area contributed by atoms with Gasteiger partial charge in [0.05, 0.1) is 18.6 Å². The summed E-state index contributed by atoms with van der Waals surface area (Å²) in [5, 5.41) is 2.87. The van der Waals surface area contributed by atoms with E-state index in [2.05, 4.69) is 5.32 Å². The molecule has 0 spiro atoms. The molecule has 0 bridgehead atoms. The molecule has 0 aliphatic carbocycles. The third-order valence-corrected chi connectivity index (χ3v) is 6.36. The molecule has 1 atom stereocenters. The lowest BCUT2D eigenvalue weighted by Crippen LogP contribution is -2.41. The molecule has 0 heterocycles. The number of nitrogens with zero attached hydrogens (tertiary/aromatic N) is 1. The molecule has 0 saturated heterocycles. The molecule has 1 N–H and O–H groups in total. The van der Waals surface area contributed by atoms with Crippen LogP contribution in [0.5, 0.6) is 5.75 Å². The predicted octanol–water partition coefficient (Wildman–Crippen LogP) is 2.76. The molecular weight excluding hydrogens is 376 g/mol. The second-order valence-electron chi connectivity index (χ2n) is 6.89. The van der Waals surface area contributed by atoms with Gasteiger partial charge in [0.25, 0.3) is 0 Å². The van der Waals surface area contributed by atoms with Gasteiger partial charge >= 0.3 is 0 Å². The molecule has 0 fully saturated rings. The zero-order chi connectivity index (χ0) is 20.7. The van der Waals surface area contributed by atoms with Crippen LogP contribution in [0.1, 0.15) is 24.5 Å². The van der Waals surface area contributed by atoms with Crippen molar-refractivity contribution >= 4 is 15.9 Å². The Morgan fingerprint density at radius 1 is 1.18 bits per heavy atom. The number of sulfonamides is 1. The number of hydrogen-bond donors (Lipinski definition) is 1. The minimum absolute atomic E-state index is 0.0490. The monoisotopic (exact) mass is 404 g/mol. The van der Waals surface area contributed by atoms with Gasteiger partial charge in [-0.2, -0.15) is 4.31 Å². The van der Waals surface area contributed by atoms with E-state index < -0.39 is 10.0 Å². The van der Waals surface area contributed by atoms with Gasteiger partial charge in [-0.15, -0.1) is 0 Å². The van der Waals surface area contributed by atoms with Gasteiger partial charge in [-0.3, -0.25) is 4.79 Å². The molecule has 0 aliphatic heterocycles. The fraction of sp³-hybridized carbons (Fsp3) is 0.381. The van der Waals surface area contributed by atoms with Gasteiger partial charge in [0.15, 0.2) is 0 Å². The highest BCUT2D eigenvalue weighted by Crippen LogP contribution is 2.23. The number of carbonyl (C=O) groups is 1. The second-order valence-corrected chi connectivity index (χ2v) is 8.93. The van der Waals surface area contributed by atoms with E-state index in [0.717, 1.165) is 22.7 Å². The van der Waals surface area contributed by atoms with E-state index in [1.54, 1.807) is 19.1 Å².